The zero-order chi connectivity index (χ0) is 23.7. The van der Waals surface area contributed by atoms with E-state index in [1.807, 2.05) is 0 Å². The van der Waals surface area contributed by atoms with Crippen molar-refractivity contribution >= 4 is 0 Å². The second-order valence-electron chi connectivity index (χ2n) is 14.2. The van der Waals surface area contributed by atoms with Gasteiger partial charge in [-0.2, -0.15) is 0 Å². The molecule has 0 aromatic rings. The van der Waals surface area contributed by atoms with Crippen molar-refractivity contribution in [3.8, 4) is 0 Å². The zero-order valence-electron chi connectivity index (χ0n) is 22.4. The van der Waals surface area contributed by atoms with Crippen LogP contribution >= 0.6 is 0 Å². The van der Waals surface area contributed by atoms with Gasteiger partial charge in [-0.05, 0) is 95.9 Å². The lowest BCUT2D eigenvalue weighted by molar-refractivity contribution is -0.107. The van der Waals surface area contributed by atoms with Crippen LogP contribution in [0.4, 0.5) is 0 Å². The highest BCUT2D eigenvalue weighted by atomic mass is 16.3. The molecule has 4 aliphatic rings. The zero-order valence-corrected chi connectivity index (χ0v) is 22.4. The summed E-state index contributed by atoms with van der Waals surface area (Å²) < 4.78 is 0. The molecule has 0 aromatic carbocycles. The maximum Gasteiger partial charge on any atom is 0.0764 e. The van der Waals surface area contributed by atoms with Crippen molar-refractivity contribution in [2.24, 2.45) is 45.3 Å². The van der Waals surface area contributed by atoms with Gasteiger partial charge in [-0.3, -0.25) is 0 Å². The third kappa shape index (κ3) is 3.40. The van der Waals surface area contributed by atoms with E-state index in [1.165, 1.54) is 44.1 Å². The molecule has 0 aliphatic heterocycles. The van der Waals surface area contributed by atoms with E-state index in [0.29, 0.717) is 5.92 Å². The van der Waals surface area contributed by atoms with Crippen molar-refractivity contribution in [1.29, 1.82) is 0 Å². The molecule has 4 rings (SSSR count). The van der Waals surface area contributed by atoms with Gasteiger partial charge in [0.1, 0.15) is 0 Å². The average molecular weight is 445 g/mol. The van der Waals surface area contributed by atoms with Crippen LogP contribution in [0.3, 0.4) is 0 Å². The van der Waals surface area contributed by atoms with Crippen molar-refractivity contribution in [3.05, 3.63) is 11.1 Å². The standard InChI is InChI=1S/C30H52O2/c1-19(2)10-9-11-20(3)21-14-17-29(7)22-12-13-24-27(4,5)25(32)15-16-28(24,6)26(22)23(31)18-30(21,29)8/h19-21,23-25,31-32H,9-18H2,1-8H3/t20-,21-,23+,24+,25+,28+,29+,30-/m1/s1. The van der Waals surface area contributed by atoms with Gasteiger partial charge >= 0.3 is 0 Å². The molecule has 2 heteroatoms. The highest BCUT2D eigenvalue weighted by Crippen LogP contribution is 2.72. The third-order valence-electron chi connectivity index (χ3n) is 11.9. The van der Waals surface area contributed by atoms with Crippen LogP contribution in [0.2, 0.25) is 0 Å². The Morgan fingerprint density at radius 1 is 0.906 bits per heavy atom. The number of aliphatic hydroxyl groups is 2. The molecular weight excluding hydrogens is 392 g/mol. The molecule has 2 N–H and O–H groups in total. The Labute approximate surface area is 198 Å². The molecule has 2 fully saturated rings. The number of fused-ring (bicyclic) bond motifs is 4. The number of allylic oxidation sites excluding steroid dienone is 1. The Balaban J connectivity index is 1.68. The van der Waals surface area contributed by atoms with Crippen LogP contribution in [-0.2, 0) is 0 Å². The predicted octanol–water partition coefficient (Wildman–Crippen LogP) is 7.53. The number of hydrogen-bond acceptors (Lipinski definition) is 2. The van der Waals surface area contributed by atoms with Gasteiger partial charge in [0.2, 0.25) is 0 Å². The van der Waals surface area contributed by atoms with E-state index in [4.69, 9.17) is 0 Å². The summed E-state index contributed by atoms with van der Waals surface area (Å²) in [6.07, 6.45) is 11.3. The molecule has 0 spiro atoms. The molecule has 0 unspecified atom stereocenters. The lowest BCUT2D eigenvalue weighted by Crippen LogP contribution is -2.57. The predicted molar refractivity (Wildman–Crippen MR) is 134 cm³/mol. The van der Waals surface area contributed by atoms with E-state index in [0.717, 1.165) is 43.4 Å². The molecule has 4 aliphatic carbocycles. The summed E-state index contributed by atoms with van der Waals surface area (Å²) in [6, 6.07) is 0. The van der Waals surface area contributed by atoms with Crippen LogP contribution < -0.4 is 0 Å². The SMILES string of the molecule is CC(C)CCC[C@@H](C)[C@H]1CC[C@@]2(C)C3=C([C@@H](O)C[C@]12C)[C@@]1(C)CC[C@H](O)C(C)(C)[C@@H]1CC3. The molecule has 0 radical (unpaired) electrons. The molecule has 0 saturated heterocycles. The molecular formula is C30H52O2. The van der Waals surface area contributed by atoms with E-state index in [9.17, 15) is 10.2 Å². The first-order chi connectivity index (χ1) is 14.8. The third-order valence-corrected chi connectivity index (χ3v) is 11.9. The minimum absolute atomic E-state index is 0.0427. The Bertz CT molecular complexity index is 750. The van der Waals surface area contributed by atoms with Gasteiger partial charge in [0.25, 0.3) is 0 Å². The molecule has 0 amide bonds. The summed E-state index contributed by atoms with van der Waals surface area (Å²) >= 11 is 0. The van der Waals surface area contributed by atoms with Crippen LogP contribution in [0, 0.1) is 45.3 Å². The van der Waals surface area contributed by atoms with Crippen LogP contribution in [0.1, 0.15) is 120 Å². The van der Waals surface area contributed by atoms with Gasteiger partial charge < -0.3 is 10.2 Å². The van der Waals surface area contributed by atoms with E-state index in [2.05, 4.69) is 55.4 Å². The molecule has 2 saturated carbocycles. The molecule has 2 nitrogen and oxygen atoms in total. The van der Waals surface area contributed by atoms with Gasteiger partial charge in [-0.1, -0.05) is 80.2 Å². The van der Waals surface area contributed by atoms with Crippen LogP contribution in [0.25, 0.3) is 0 Å². The monoisotopic (exact) mass is 444 g/mol. The summed E-state index contributed by atoms with van der Waals surface area (Å²) in [5.41, 5.74) is 3.46. The number of aliphatic hydroxyl groups excluding tert-OH is 2. The number of rotatable bonds is 5. The second-order valence-corrected chi connectivity index (χ2v) is 14.2. The first kappa shape index (κ1) is 24.8. The fraction of sp³-hybridized carbons (Fsp3) is 0.933. The summed E-state index contributed by atoms with van der Waals surface area (Å²) in [6.45, 7) is 19.3. The van der Waals surface area contributed by atoms with E-state index in [1.54, 1.807) is 5.57 Å². The highest BCUT2D eigenvalue weighted by molar-refractivity contribution is 5.41. The minimum atomic E-state index is -0.301. The number of hydrogen-bond donors (Lipinski definition) is 2. The minimum Gasteiger partial charge on any atom is -0.393 e. The van der Waals surface area contributed by atoms with Gasteiger partial charge in [0.05, 0.1) is 12.2 Å². The van der Waals surface area contributed by atoms with Gasteiger partial charge in [-0.15, -0.1) is 0 Å². The van der Waals surface area contributed by atoms with Crippen LogP contribution in [0.5, 0.6) is 0 Å². The highest BCUT2D eigenvalue weighted by Gasteiger charge is 2.65. The van der Waals surface area contributed by atoms with Crippen molar-refractivity contribution in [2.75, 3.05) is 0 Å². The maximum absolute atomic E-state index is 11.8. The van der Waals surface area contributed by atoms with E-state index >= 15 is 0 Å². The quantitative estimate of drug-likeness (QED) is 0.430. The lowest BCUT2D eigenvalue weighted by Gasteiger charge is -2.63. The maximum atomic E-state index is 11.8. The fourth-order valence-corrected chi connectivity index (χ4v) is 9.77. The van der Waals surface area contributed by atoms with Gasteiger partial charge in [-0.25, -0.2) is 0 Å². The Kier molecular flexibility index (Phi) is 6.28. The molecule has 8 atom stereocenters. The van der Waals surface area contributed by atoms with Gasteiger partial charge in [0.15, 0.2) is 0 Å². The largest absolute Gasteiger partial charge is 0.393 e. The van der Waals surface area contributed by atoms with Crippen molar-refractivity contribution < 1.29 is 10.2 Å². The molecule has 184 valence electrons. The Morgan fingerprint density at radius 3 is 2.25 bits per heavy atom. The smallest absolute Gasteiger partial charge is 0.0764 e. The average Bonchev–Trinajstić information content (AvgIpc) is 2.96. The lowest BCUT2D eigenvalue weighted by atomic mass is 9.42. The molecule has 0 bridgehead atoms. The normalized spacial score (nSPS) is 46.6. The van der Waals surface area contributed by atoms with Crippen LogP contribution in [-0.4, -0.2) is 22.4 Å². The summed E-state index contributed by atoms with van der Waals surface area (Å²) in [5.74, 6) is 2.72. The second kappa shape index (κ2) is 8.11. The molecule has 32 heavy (non-hydrogen) atoms. The first-order valence-corrected chi connectivity index (χ1v) is 13.9. The Morgan fingerprint density at radius 2 is 1.59 bits per heavy atom. The van der Waals surface area contributed by atoms with Crippen LogP contribution in [0.15, 0.2) is 11.1 Å². The van der Waals surface area contributed by atoms with Gasteiger partial charge in [0, 0.05) is 0 Å². The summed E-state index contributed by atoms with van der Waals surface area (Å²) in [5, 5.41) is 22.6. The molecule has 0 heterocycles. The molecule has 0 aromatic heterocycles. The topological polar surface area (TPSA) is 40.5 Å². The first-order valence-electron chi connectivity index (χ1n) is 13.9. The van der Waals surface area contributed by atoms with E-state index < -0.39 is 0 Å². The van der Waals surface area contributed by atoms with E-state index in [-0.39, 0.29) is 33.9 Å². The summed E-state index contributed by atoms with van der Waals surface area (Å²) in [7, 11) is 0. The Hall–Kier alpha value is -0.340. The van der Waals surface area contributed by atoms with Crippen molar-refractivity contribution in [3.63, 3.8) is 0 Å². The van der Waals surface area contributed by atoms with Crippen molar-refractivity contribution in [2.45, 2.75) is 132 Å². The fourth-order valence-electron chi connectivity index (χ4n) is 9.77. The summed E-state index contributed by atoms with van der Waals surface area (Å²) in [4.78, 5) is 0. The van der Waals surface area contributed by atoms with Crippen molar-refractivity contribution in [1.82, 2.24) is 0 Å².